The largest absolute Gasteiger partial charge is 0.365 e. The Morgan fingerprint density at radius 3 is 2.05 bits per heavy atom. The Morgan fingerprint density at radius 1 is 0.868 bits per heavy atom. The minimum Gasteiger partial charge on any atom is -0.365 e. The van der Waals surface area contributed by atoms with Crippen molar-refractivity contribution in [2.75, 3.05) is 11.9 Å². The zero-order valence-corrected chi connectivity index (χ0v) is 21.2. The first kappa shape index (κ1) is 24.7. The lowest BCUT2D eigenvalue weighted by Gasteiger charge is -2.39. The first-order valence-electron chi connectivity index (χ1n) is 13.6. The summed E-state index contributed by atoms with van der Waals surface area (Å²) < 4.78 is 27.2. The van der Waals surface area contributed by atoms with E-state index in [0.29, 0.717) is 23.5 Å². The van der Waals surface area contributed by atoms with Crippen LogP contribution < -0.4 is 10.9 Å². The predicted octanol–water partition coefficient (Wildman–Crippen LogP) is 6.22. The molecule has 2 aliphatic rings. The van der Waals surface area contributed by atoms with Crippen molar-refractivity contribution in [2.24, 2.45) is 0 Å². The van der Waals surface area contributed by atoms with Crippen LogP contribution in [0, 0.1) is 11.6 Å². The minimum atomic E-state index is -0.246. The van der Waals surface area contributed by atoms with Crippen molar-refractivity contribution < 1.29 is 8.78 Å². The maximum Gasteiger partial charge on any atom is 0.272 e. The summed E-state index contributed by atoms with van der Waals surface area (Å²) in [5.41, 5.74) is 1.95. The molecule has 2 bridgehead atoms. The van der Waals surface area contributed by atoms with Crippen LogP contribution in [0.5, 0.6) is 0 Å². The highest BCUT2D eigenvalue weighted by Crippen LogP contribution is 2.38. The second-order valence-electron chi connectivity index (χ2n) is 10.7. The smallest absolute Gasteiger partial charge is 0.272 e. The van der Waals surface area contributed by atoms with Gasteiger partial charge in [0.25, 0.3) is 5.56 Å². The molecule has 2 fully saturated rings. The molecule has 0 spiro atoms. The van der Waals surface area contributed by atoms with Crippen LogP contribution in [0.4, 0.5) is 14.6 Å². The third-order valence-corrected chi connectivity index (χ3v) is 8.38. The third kappa shape index (κ3) is 5.07. The number of hydrogen-bond donors (Lipinski definition) is 2. The number of anilines is 1. The fourth-order valence-electron chi connectivity index (χ4n) is 6.57. The minimum absolute atomic E-state index is 0.104. The molecular formula is C31H32F2N4O. The van der Waals surface area contributed by atoms with Gasteiger partial charge in [0.15, 0.2) is 5.82 Å². The Kier molecular flexibility index (Phi) is 6.94. The molecule has 5 nitrogen and oxygen atoms in total. The number of benzene rings is 3. The molecule has 196 valence electrons. The van der Waals surface area contributed by atoms with Gasteiger partial charge >= 0.3 is 0 Å². The van der Waals surface area contributed by atoms with Crippen molar-refractivity contribution >= 4 is 16.6 Å². The highest BCUT2D eigenvalue weighted by molar-refractivity contribution is 5.90. The van der Waals surface area contributed by atoms with Gasteiger partial charge < -0.3 is 5.32 Å². The number of nitrogens with one attached hydrogen (secondary N) is 2. The van der Waals surface area contributed by atoms with Crippen molar-refractivity contribution in [3.05, 3.63) is 106 Å². The van der Waals surface area contributed by atoms with Gasteiger partial charge in [0.05, 0.1) is 5.39 Å². The van der Waals surface area contributed by atoms with E-state index in [0.717, 1.165) is 54.6 Å². The van der Waals surface area contributed by atoms with E-state index >= 15 is 0 Å². The predicted molar refractivity (Wildman–Crippen MR) is 146 cm³/mol. The molecule has 2 aliphatic heterocycles. The molecule has 0 amide bonds. The van der Waals surface area contributed by atoms with Gasteiger partial charge in [-0.2, -0.15) is 5.10 Å². The van der Waals surface area contributed by atoms with Crippen LogP contribution >= 0.6 is 0 Å². The molecule has 1 aromatic heterocycles. The van der Waals surface area contributed by atoms with E-state index in [1.54, 1.807) is 0 Å². The Morgan fingerprint density at radius 2 is 1.45 bits per heavy atom. The summed E-state index contributed by atoms with van der Waals surface area (Å²) in [4.78, 5) is 14.8. The normalized spacial score (nSPS) is 21.3. The molecule has 3 heterocycles. The lowest BCUT2D eigenvalue weighted by atomic mass is 9.87. The van der Waals surface area contributed by atoms with Gasteiger partial charge in [-0.25, -0.2) is 13.9 Å². The lowest BCUT2D eigenvalue weighted by molar-refractivity contribution is 0.129. The highest BCUT2D eigenvalue weighted by atomic mass is 19.1. The molecule has 4 aromatic rings. The number of piperidine rings is 1. The topological polar surface area (TPSA) is 61.0 Å². The monoisotopic (exact) mass is 514 g/mol. The third-order valence-electron chi connectivity index (χ3n) is 8.38. The molecule has 2 unspecified atom stereocenters. The van der Waals surface area contributed by atoms with Gasteiger partial charge in [0.1, 0.15) is 11.6 Å². The Bertz CT molecular complexity index is 1390. The van der Waals surface area contributed by atoms with Gasteiger partial charge in [0.2, 0.25) is 0 Å². The summed E-state index contributed by atoms with van der Waals surface area (Å²) in [5, 5.41) is 12.1. The Balaban J connectivity index is 1.11. The second kappa shape index (κ2) is 10.7. The van der Waals surface area contributed by atoms with Crippen LogP contribution in [-0.2, 0) is 0 Å². The SMILES string of the molecule is O=c1[nH]nc(NC2CC3CC[C@@H](C2)N3CCCC(c2ccc(F)cc2)c2ccc(F)cc2)c2ccccc12. The molecule has 0 aliphatic carbocycles. The second-order valence-corrected chi connectivity index (χ2v) is 10.7. The molecule has 3 atom stereocenters. The molecule has 2 saturated heterocycles. The average Bonchev–Trinajstić information content (AvgIpc) is 3.17. The zero-order valence-electron chi connectivity index (χ0n) is 21.2. The van der Waals surface area contributed by atoms with Crippen LogP contribution in [0.15, 0.2) is 77.6 Å². The van der Waals surface area contributed by atoms with Gasteiger partial charge in [-0.15, -0.1) is 0 Å². The van der Waals surface area contributed by atoms with Crippen LogP contribution in [0.3, 0.4) is 0 Å². The first-order chi connectivity index (χ1) is 18.5. The zero-order chi connectivity index (χ0) is 26.1. The summed E-state index contributed by atoms with van der Waals surface area (Å²) in [7, 11) is 0. The van der Waals surface area contributed by atoms with Crippen molar-refractivity contribution in [1.82, 2.24) is 15.1 Å². The van der Waals surface area contributed by atoms with Gasteiger partial charge in [-0.3, -0.25) is 9.69 Å². The Hall–Kier alpha value is -3.58. The fourth-order valence-corrected chi connectivity index (χ4v) is 6.57. The van der Waals surface area contributed by atoms with Gasteiger partial charge in [-0.05, 0) is 86.5 Å². The summed E-state index contributed by atoms with van der Waals surface area (Å²) >= 11 is 0. The van der Waals surface area contributed by atoms with E-state index in [-0.39, 0.29) is 23.1 Å². The van der Waals surface area contributed by atoms with E-state index < -0.39 is 0 Å². The number of nitrogens with zero attached hydrogens (tertiary/aromatic N) is 2. The Labute approximate surface area is 220 Å². The van der Waals surface area contributed by atoms with Crippen LogP contribution in [0.2, 0.25) is 0 Å². The number of fused-ring (bicyclic) bond motifs is 3. The molecule has 2 N–H and O–H groups in total. The molecule has 0 radical (unpaired) electrons. The van der Waals surface area contributed by atoms with E-state index in [1.165, 1.54) is 37.1 Å². The number of aromatic nitrogens is 2. The summed E-state index contributed by atoms with van der Waals surface area (Å²) in [6.45, 7) is 1.01. The summed E-state index contributed by atoms with van der Waals surface area (Å²) in [6.07, 6.45) is 6.42. The molecular weight excluding hydrogens is 482 g/mol. The number of rotatable bonds is 8. The average molecular weight is 515 g/mol. The van der Waals surface area contributed by atoms with E-state index in [1.807, 2.05) is 48.5 Å². The van der Waals surface area contributed by atoms with Crippen LogP contribution in [0.1, 0.15) is 55.6 Å². The molecule has 7 heteroatoms. The number of hydrogen-bond acceptors (Lipinski definition) is 4. The molecule has 38 heavy (non-hydrogen) atoms. The summed E-state index contributed by atoms with van der Waals surface area (Å²) in [5.74, 6) is 0.363. The number of aromatic amines is 1. The van der Waals surface area contributed by atoms with Crippen LogP contribution in [0.25, 0.3) is 10.8 Å². The van der Waals surface area contributed by atoms with Crippen molar-refractivity contribution in [3.8, 4) is 0 Å². The van der Waals surface area contributed by atoms with Crippen molar-refractivity contribution in [2.45, 2.75) is 62.6 Å². The highest BCUT2D eigenvalue weighted by Gasteiger charge is 2.40. The standard InChI is InChI=1S/C31H32F2N4O/c32-22-11-7-20(8-12-22)27(21-9-13-23(33)14-10-21)6-3-17-37-25-15-16-26(37)19-24(18-25)34-30-28-4-1-2-5-29(28)31(38)36-35-30/h1-2,4-5,7-14,24-27H,3,6,15-19H2,(H,34,35)(H,36,38)/t24?,25-,26?/m0/s1. The van der Waals surface area contributed by atoms with E-state index in [4.69, 9.17) is 0 Å². The van der Waals surface area contributed by atoms with Gasteiger partial charge in [-0.1, -0.05) is 42.5 Å². The molecule has 6 rings (SSSR count). The fraction of sp³-hybridized carbons (Fsp3) is 0.355. The quantitative estimate of drug-likeness (QED) is 0.293. The van der Waals surface area contributed by atoms with E-state index in [9.17, 15) is 13.6 Å². The van der Waals surface area contributed by atoms with Gasteiger partial charge in [0, 0.05) is 29.4 Å². The number of H-pyrrole nitrogens is 1. The maximum absolute atomic E-state index is 13.6. The number of halogens is 2. The van der Waals surface area contributed by atoms with Crippen LogP contribution in [-0.4, -0.2) is 39.8 Å². The summed E-state index contributed by atoms with van der Waals surface area (Å²) in [6, 6.07) is 22.4. The maximum atomic E-state index is 13.6. The van der Waals surface area contributed by atoms with Crippen molar-refractivity contribution in [1.29, 1.82) is 0 Å². The van der Waals surface area contributed by atoms with E-state index in [2.05, 4.69) is 20.4 Å². The lowest BCUT2D eigenvalue weighted by Crippen LogP contribution is -2.47. The van der Waals surface area contributed by atoms with Crippen molar-refractivity contribution in [3.63, 3.8) is 0 Å². The first-order valence-corrected chi connectivity index (χ1v) is 13.6. The molecule has 0 saturated carbocycles. The molecule has 3 aromatic carbocycles.